The second-order valence-corrected chi connectivity index (χ2v) is 15.6. The molecule has 54 heavy (non-hydrogen) atoms. The van der Waals surface area contributed by atoms with Gasteiger partial charge in [0.05, 0.1) is 29.4 Å². The van der Waals surface area contributed by atoms with Crippen LogP contribution in [0.4, 0.5) is 17.1 Å². The fourth-order valence-corrected chi connectivity index (χ4v) is 9.41. The fraction of sp³-hybridized carbons (Fsp3) is 0.513. The Labute approximate surface area is 313 Å². The summed E-state index contributed by atoms with van der Waals surface area (Å²) in [6, 6.07) is 7.84. The number of likely N-dealkylation sites (tertiary alicyclic amines) is 1. The highest BCUT2D eigenvalue weighted by atomic mass is 16.6. The number of hydrogen-bond acceptors (Lipinski definition) is 11. The van der Waals surface area contributed by atoms with E-state index in [0.29, 0.717) is 17.0 Å². The molecule has 284 valence electrons. The molecule has 6 heterocycles. The number of imide groups is 2. The summed E-state index contributed by atoms with van der Waals surface area (Å²) in [7, 11) is 3.30. The van der Waals surface area contributed by atoms with Crippen LogP contribution in [0.25, 0.3) is 11.1 Å². The molecule has 8 rings (SSSR count). The number of piperidine rings is 4. The number of rotatable bonds is 8. The molecule has 0 saturated carbocycles. The number of carbonyl (C=O) groups is 4. The van der Waals surface area contributed by atoms with Gasteiger partial charge >= 0.3 is 5.69 Å². The number of aryl methyl sites for hydroxylation is 1. The summed E-state index contributed by atoms with van der Waals surface area (Å²) < 4.78 is 7.16. The summed E-state index contributed by atoms with van der Waals surface area (Å²) in [6.07, 6.45) is 10.4. The minimum atomic E-state index is -0.973. The van der Waals surface area contributed by atoms with Crippen molar-refractivity contribution >= 4 is 40.7 Å². The summed E-state index contributed by atoms with van der Waals surface area (Å²) in [4.78, 5) is 70.5. The normalized spacial score (nSPS) is 22.2. The zero-order valence-electron chi connectivity index (χ0n) is 30.8. The van der Waals surface area contributed by atoms with E-state index in [1.165, 1.54) is 20.0 Å². The fourth-order valence-electron chi connectivity index (χ4n) is 9.41. The van der Waals surface area contributed by atoms with Crippen molar-refractivity contribution in [2.75, 3.05) is 62.7 Å². The first-order chi connectivity index (χ1) is 26.0. The molecule has 3 aromatic rings. The highest BCUT2D eigenvalue weighted by molar-refractivity contribution is 6.23. The van der Waals surface area contributed by atoms with Crippen LogP contribution in [0, 0.1) is 21.4 Å². The first kappa shape index (κ1) is 35.7. The molecule has 1 unspecified atom stereocenters. The third-order valence-corrected chi connectivity index (χ3v) is 12.3. The zero-order chi connectivity index (χ0) is 37.7. The van der Waals surface area contributed by atoms with Gasteiger partial charge < -0.3 is 19.4 Å². The molecule has 4 fully saturated rings. The lowest BCUT2D eigenvalue weighted by molar-refractivity contribution is -0.385. The largest absolute Gasteiger partial charge is 0.490 e. The van der Waals surface area contributed by atoms with E-state index in [0.717, 1.165) is 98.9 Å². The standard InChI is InChI=1S/C39H46N8O7/c1-42-23-26(21-40-42)29-19-33(47(52)53)34(54-2)20-32(29)45-14-8-25(9-15-45)22-43-13-3-10-39(24-43)11-16-44(17-12-39)27-4-5-28-30(18-27)38(51)46(37(28)50)31-6-7-35(48)41-36(31)49/h4-5,18-21,23,25,31H,3,6-17,22,24H2,1-2H3,(H,41,48,49). The van der Waals surface area contributed by atoms with E-state index in [4.69, 9.17) is 4.74 Å². The average Bonchev–Trinajstić information content (AvgIpc) is 3.71. The van der Waals surface area contributed by atoms with Crippen molar-refractivity contribution in [2.24, 2.45) is 18.4 Å². The molecule has 15 heteroatoms. The summed E-state index contributed by atoms with van der Waals surface area (Å²) in [6.45, 7) is 6.66. The lowest BCUT2D eigenvalue weighted by atomic mass is 9.72. The van der Waals surface area contributed by atoms with Gasteiger partial charge in [0.25, 0.3) is 11.8 Å². The Kier molecular flexibility index (Phi) is 9.36. The number of amides is 4. The maximum Gasteiger partial charge on any atom is 0.311 e. The summed E-state index contributed by atoms with van der Waals surface area (Å²) in [5.74, 6) is -1.14. The summed E-state index contributed by atoms with van der Waals surface area (Å²) >= 11 is 0. The molecule has 1 atom stereocenters. The van der Waals surface area contributed by atoms with E-state index in [1.807, 2.05) is 19.3 Å². The van der Waals surface area contributed by atoms with Crippen molar-refractivity contribution < 1.29 is 28.8 Å². The lowest BCUT2D eigenvalue weighted by Crippen LogP contribution is -2.54. The zero-order valence-corrected chi connectivity index (χ0v) is 30.8. The van der Waals surface area contributed by atoms with Crippen molar-refractivity contribution in [1.82, 2.24) is 24.9 Å². The first-order valence-corrected chi connectivity index (χ1v) is 19.0. The van der Waals surface area contributed by atoms with Crippen LogP contribution in [0.2, 0.25) is 0 Å². The van der Waals surface area contributed by atoms with Crippen LogP contribution in [-0.2, 0) is 16.6 Å². The van der Waals surface area contributed by atoms with Gasteiger partial charge in [-0.2, -0.15) is 5.10 Å². The van der Waals surface area contributed by atoms with E-state index >= 15 is 0 Å². The SMILES string of the molecule is COc1cc(N2CCC(CN3CCCC4(CCN(c5ccc6c(c5)C(=O)N(C5CCC(=O)NC5=O)C6=O)CC4)C3)CC2)c(-c2cnn(C)c2)cc1[N+](=O)[O-]. The molecule has 4 saturated heterocycles. The van der Waals surface area contributed by atoms with E-state index < -0.39 is 28.7 Å². The predicted molar refractivity (Wildman–Crippen MR) is 199 cm³/mol. The first-order valence-electron chi connectivity index (χ1n) is 19.0. The minimum absolute atomic E-state index is 0.0583. The van der Waals surface area contributed by atoms with Crippen LogP contribution in [0.3, 0.4) is 0 Å². The Bertz CT molecular complexity index is 2010. The minimum Gasteiger partial charge on any atom is -0.490 e. The third-order valence-electron chi connectivity index (χ3n) is 12.3. The van der Waals surface area contributed by atoms with Gasteiger partial charge in [0.1, 0.15) is 6.04 Å². The number of fused-ring (bicyclic) bond motifs is 1. The quantitative estimate of drug-likeness (QED) is 0.202. The van der Waals surface area contributed by atoms with E-state index in [1.54, 1.807) is 35.1 Å². The topological polar surface area (TPSA) is 163 Å². The second kappa shape index (κ2) is 14.2. The number of ether oxygens (including phenoxy) is 1. The van der Waals surface area contributed by atoms with Gasteiger partial charge in [0.2, 0.25) is 11.8 Å². The van der Waals surface area contributed by atoms with E-state index in [9.17, 15) is 29.3 Å². The average molecular weight is 739 g/mol. The molecule has 15 nitrogen and oxygen atoms in total. The Hall–Kier alpha value is -5.31. The van der Waals surface area contributed by atoms with Gasteiger partial charge in [-0.1, -0.05) is 0 Å². The molecule has 5 aliphatic rings. The monoisotopic (exact) mass is 738 g/mol. The number of nitrogens with one attached hydrogen (secondary N) is 1. The van der Waals surface area contributed by atoms with Crippen LogP contribution in [0.5, 0.6) is 5.75 Å². The van der Waals surface area contributed by atoms with Crippen molar-refractivity contribution in [3.63, 3.8) is 0 Å². The Morgan fingerprint density at radius 3 is 2.37 bits per heavy atom. The van der Waals surface area contributed by atoms with E-state index in [-0.39, 0.29) is 35.6 Å². The number of carbonyl (C=O) groups excluding carboxylic acids is 4. The second-order valence-electron chi connectivity index (χ2n) is 15.6. The number of nitrogens with zero attached hydrogens (tertiary/aromatic N) is 7. The molecule has 1 aromatic heterocycles. The maximum atomic E-state index is 13.4. The molecule has 1 N–H and O–H groups in total. The van der Waals surface area contributed by atoms with Gasteiger partial charge in [-0.3, -0.25) is 44.2 Å². The van der Waals surface area contributed by atoms with Crippen LogP contribution >= 0.6 is 0 Å². The van der Waals surface area contributed by atoms with Crippen LogP contribution in [0.15, 0.2) is 42.7 Å². The van der Waals surface area contributed by atoms with Gasteiger partial charge in [-0.25, -0.2) is 0 Å². The summed E-state index contributed by atoms with van der Waals surface area (Å²) in [5.41, 5.74) is 4.26. The van der Waals surface area contributed by atoms with Gasteiger partial charge in [-0.15, -0.1) is 0 Å². The molecule has 4 amide bonds. The Balaban J connectivity index is 0.878. The molecular formula is C39H46N8O7. The third kappa shape index (κ3) is 6.58. The number of nitro groups is 1. The molecule has 5 aliphatic heterocycles. The van der Waals surface area contributed by atoms with Crippen LogP contribution in [0.1, 0.15) is 72.1 Å². The molecule has 1 spiro atoms. The number of aromatic nitrogens is 2. The van der Waals surface area contributed by atoms with Crippen LogP contribution in [-0.4, -0.2) is 107 Å². The van der Waals surface area contributed by atoms with Crippen LogP contribution < -0.4 is 19.9 Å². The number of nitro benzene ring substituents is 1. The molecule has 2 aromatic carbocycles. The smallest absolute Gasteiger partial charge is 0.311 e. The van der Waals surface area contributed by atoms with Gasteiger partial charge in [0, 0.05) is 93.6 Å². The highest BCUT2D eigenvalue weighted by Crippen LogP contribution is 2.44. The van der Waals surface area contributed by atoms with Gasteiger partial charge in [0.15, 0.2) is 5.75 Å². The number of anilines is 2. The molecule has 0 aliphatic carbocycles. The number of methoxy groups -OCH3 is 1. The summed E-state index contributed by atoms with van der Waals surface area (Å²) in [5, 5.41) is 18.4. The Morgan fingerprint density at radius 1 is 0.926 bits per heavy atom. The number of hydrogen-bond donors (Lipinski definition) is 1. The molecule has 0 radical (unpaired) electrons. The Morgan fingerprint density at radius 2 is 1.69 bits per heavy atom. The highest BCUT2D eigenvalue weighted by Gasteiger charge is 2.45. The van der Waals surface area contributed by atoms with Crippen molar-refractivity contribution in [3.8, 4) is 16.9 Å². The van der Waals surface area contributed by atoms with Crippen molar-refractivity contribution in [3.05, 3.63) is 64.0 Å². The van der Waals surface area contributed by atoms with Crippen molar-refractivity contribution in [2.45, 2.75) is 57.4 Å². The molecule has 0 bridgehead atoms. The van der Waals surface area contributed by atoms with E-state index in [2.05, 4.69) is 25.1 Å². The van der Waals surface area contributed by atoms with Crippen molar-refractivity contribution in [1.29, 1.82) is 0 Å². The predicted octanol–water partition coefficient (Wildman–Crippen LogP) is 4.00. The maximum absolute atomic E-state index is 13.4. The number of benzene rings is 2. The van der Waals surface area contributed by atoms with Gasteiger partial charge in [-0.05, 0) is 81.0 Å². The molecular weight excluding hydrogens is 692 g/mol. The lowest BCUT2D eigenvalue weighted by Gasteiger charge is -2.49.